The minimum atomic E-state index is -4.35. The first-order chi connectivity index (χ1) is 9.52. The fourth-order valence-corrected chi connectivity index (χ4v) is 1.86. The van der Waals surface area contributed by atoms with Gasteiger partial charge in [0.05, 0.1) is 5.56 Å². The van der Waals surface area contributed by atoms with E-state index in [1.165, 1.54) is 12.1 Å². The van der Waals surface area contributed by atoms with E-state index in [4.69, 9.17) is 4.74 Å². The van der Waals surface area contributed by atoms with Crippen LogP contribution in [0.15, 0.2) is 48.7 Å². The molecule has 0 amide bonds. The van der Waals surface area contributed by atoms with Crippen LogP contribution in [0.25, 0.3) is 10.9 Å². The van der Waals surface area contributed by atoms with Crippen LogP contribution in [-0.2, 0) is 6.18 Å². The number of rotatable bonds is 2. The van der Waals surface area contributed by atoms with Gasteiger partial charge in [-0.2, -0.15) is 13.2 Å². The smallest absolute Gasteiger partial charge is 0.416 e. The SMILES string of the molecule is FC(F)(F)c1ccc2[nH]c(Oc3ccccn3)cc2c1. The van der Waals surface area contributed by atoms with Crippen LogP contribution in [0.1, 0.15) is 5.56 Å². The van der Waals surface area contributed by atoms with Crippen molar-refractivity contribution in [1.82, 2.24) is 9.97 Å². The molecule has 3 nitrogen and oxygen atoms in total. The second-order valence-corrected chi connectivity index (χ2v) is 4.20. The molecule has 2 heterocycles. The number of aromatic nitrogens is 2. The minimum Gasteiger partial charge on any atom is -0.423 e. The molecule has 0 radical (unpaired) electrons. The van der Waals surface area contributed by atoms with E-state index in [2.05, 4.69) is 9.97 Å². The second kappa shape index (κ2) is 4.56. The molecule has 1 aromatic carbocycles. The summed E-state index contributed by atoms with van der Waals surface area (Å²) in [4.78, 5) is 6.87. The monoisotopic (exact) mass is 278 g/mol. The van der Waals surface area contributed by atoms with E-state index in [0.29, 0.717) is 22.7 Å². The van der Waals surface area contributed by atoms with Crippen LogP contribution in [0.3, 0.4) is 0 Å². The van der Waals surface area contributed by atoms with E-state index in [-0.39, 0.29) is 0 Å². The van der Waals surface area contributed by atoms with Gasteiger partial charge in [-0.15, -0.1) is 0 Å². The maximum Gasteiger partial charge on any atom is 0.416 e. The van der Waals surface area contributed by atoms with Gasteiger partial charge in [-0.05, 0) is 24.3 Å². The maximum absolute atomic E-state index is 12.6. The Morgan fingerprint density at radius 3 is 2.60 bits per heavy atom. The molecule has 0 saturated carbocycles. The summed E-state index contributed by atoms with van der Waals surface area (Å²) >= 11 is 0. The molecule has 3 rings (SSSR count). The highest BCUT2D eigenvalue weighted by Gasteiger charge is 2.30. The number of pyridine rings is 1. The van der Waals surface area contributed by atoms with Gasteiger partial charge in [-0.1, -0.05) is 6.07 Å². The van der Waals surface area contributed by atoms with Gasteiger partial charge in [0.15, 0.2) is 0 Å². The van der Waals surface area contributed by atoms with Crippen molar-refractivity contribution in [3.05, 3.63) is 54.2 Å². The Balaban J connectivity index is 1.95. The van der Waals surface area contributed by atoms with E-state index in [1.807, 2.05) is 0 Å². The molecular formula is C14H9F3N2O. The second-order valence-electron chi connectivity index (χ2n) is 4.20. The Bertz CT molecular complexity index is 735. The van der Waals surface area contributed by atoms with Crippen LogP contribution in [0.5, 0.6) is 11.8 Å². The van der Waals surface area contributed by atoms with Crippen molar-refractivity contribution in [3.63, 3.8) is 0 Å². The fourth-order valence-electron chi connectivity index (χ4n) is 1.86. The molecule has 3 aromatic rings. The Labute approximate surface area is 112 Å². The molecule has 0 aliphatic heterocycles. The maximum atomic E-state index is 12.6. The van der Waals surface area contributed by atoms with Gasteiger partial charge < -0.3 is 9.72 Å². The average Bonchev–Trinajstić information content (AvgIpc) is 2.80. The number of ether oxygens (including phenoxy) is 1. The van der Waals surface area contributed by atoms with E-state index in [1.54, 1.807) is 24.4 Å². The van der Waals surface area contributed by atoms with Crippen LogP contribution in [0.2, 0.25) is 0 Å². The van der Waals surface area contributed by atoms with E-state index >= 15 is 0 Å². The van der Waals surface area contributed by atoms with Crippen LogP contribution >= 0.6 is 0 Å². The first-order valence-electron chi connectivity index (χ1n) is 5.81. The van der Waals surface area contributed by atoms with Crippen molar-refractivity contribution in [2.24, 2.45) is 0 Å². The Morgan fingerprint density at radius 2 is 1.90 bits per heavy atom. The number of alkyl halides is 3. The largest absolute Gasteiger partial charge is 0.423 e. The van der Waals surface area contributed by atoms with E-state index in [0.717, 1.165) is 12.1 Å². The summed E-state index contributed by atoms with van der Waals surface area (Å²) in [6, 6.07) is 10.2. The molecular weight excluding hydrogens is 269 g/mol. The van der Waals surface area contributed by atoms with Crippen molar-refractivity contribution in [2.45, 2.75) is 6.18 Å². The van der Waals surface area contributed by atoms with Crippen molar-refractivity contribution < 1.29 is 17.9 Å². The summed E-state index contributed by atoms with van der Waals surface area (Å²) in [5, 5.41) is 0.436. The lowest BCUT2D eigenvalue weighted by atomic mass is 10.1. The Morgan fingerprint density at radius 1 is 1.05 bits per heavy atom. The molecule has 0 saturated heterocycles. The zero-order valence-corrected chi connectivity index (χ0v) is 10.1. The summed E-state index contributed by atoms with van der Waals surface area (Å²) in [5.41, 5.74) is -0.114. The number of H-pyrrole nitrogens is 1. The zero-order chi connectivity index (χ0) is 14.2. The summed E-state index contributed by atoms with van der Waals surface area (Å²) in [5.74, 6) is 0.716. The molecule has 102 valence electrons. The molecule has 0 atom stereocenters. The van der Waals surface area contributed by atoms with Gasteiger partial charge in [0.2, 0.25) is 11.8 Å². The van der Waals surface area contributed by atoms with Crippen molar-refractivity contribution >= 4 is 10.9 Å². The third-order valence-corrected chi connectivity index (χ3v) is 2.78. The minimum absolute atomic E-state index is 0.345. The summed E-state index contributed by atoms with van der Waals surface area (Å²) in [6.45, 7) is 0. The summed E-state index contributed by atoms with van der Waals surface area (Å²) in [6.07, 6.45) is -2.78. The van der Waals surface area contributed by atoms with Gasteiger partial charge in [0.1, 0.15) is 0 Å². The number of nitrogens with zero attached hydrogens (tertiary/aromatic N) is 1. The molecule has 6 heteroatoms. The third-order valence-electron chi connectivity index (χ3n) is 2.78. The molecule has 0 fully saturated rings. The zero-order valence-electron chi connectivity index (χ0n) is 10.1. The van der Waals surface area contributed by atoms with Crippen molar-refractivity contribution in [2.75, 3.05) is 0 Å². The Hall–Kier alpha value is -2.50. The number of benzene rings is 1. The van der Waals surface area contributed by atoms with Gasteiger partial charge >= 0.3 is 6.18 Å². The molecule has 0 bridgehead atoms. The van der Waals surface area contributed by atoms with Crippen LogP contribution in [0.4, 0.5) is 13.2 Å². The number of nitrogens with one attached hydrogen (secondary N) is 1. The number of halogens is 3. The summed E-state index contributed by atoms with van der Waals surface area (Å²) in [7, 11) is 0. The van der Waals surface area contributed by atoms with Gasteiger partial charge in [0, 0.05) is 29.2 Å². The van der Waals surface area contributed by atoms with Gasteiger partial charge in [-0.25, -0.2) is 4.98 Å². The van der Waals surface area contributed by atoms with Crippen LogP contribution in [0, 0.1) is 0 Å². The molecule has 20 heavy (non-hydrogen) atoms. The summed E-state index contributed by atoms with van der Waals surface area (Å²) < 4.78 is 43.3. The molecule has 0 spiro atoms. The highest BCUT2D eigenvalue weighted by molar-refractivity contribution is 5.82. The third kappa shape index (κ3) is 2.45. The highest BCUT2D eigenvalue weighted by atomic mass is 19.4. The number of fused-ring (bicyclic) bond motifs is 1. The quantitative estimate of drug-likeness (QED) is 0.755. The lowest BCUT2D eigenvalue weighted by molar-refractivity contribution is -0.137. The molecule has 0 aliphatic carbocycles. The topological polar surface area (TPSA) is 37.9 Å². The number of hydrogen-bond donors (Lipinski definition) is 1. The van der Waals surface area contributed by atoms with Crippen molar-refractivity contribution in [1.29, 1.82) is 0 Å². The lowest BCUT2D eigenvalue weighted by Crippen LogP contribution is -2.03. The van der Waals surface area contributed by atoms with E-state index in [9.17, 15) is 13.2 Å². The van der Waals surface area contributed by atoms with E-state index < -0.39 is 11.7 Å². The average molecular weight is 278 g/mol. The highest BCUT2D eigenvalue weighted by Crippen LogP contribution is 2.33. The lowest BCUT2D eigenvalue weighted by Gasteiger charge is -2.05. The predicted molar refractivity (Wildman–Crippen MR) is 67.6 cm³/mol. The first-order valence-corrected chi connectivity index (χ1v) is 5.81. The Kier molecular flexibility index (Phi) is 2.85. The fraction of sp³-hybridized carbons (Fsp3) is 0.0714. The van der Waals surface area contributed by atoms with Gasteiger partial charge in [0.25, 0.3) is 0 Å². The molecule has 1 N–H and O–H groups in total. The molecule has 0 aliphatic rings. The first kappa shape index (κ1) is 12.5. The van der Waals surface area contributed by atoms with Crippen LogP contribution in [-0.4, -0.2) is 9.97 Å². The number of hydrogen-bond acceptors (Lipinski definition) is 2. The van der Waals surface area contributed by atoms with Crippen molar-refractivity contribution in [3.8, 4) is 11.8 Å². The normalized spacial score (nSPS) is 11.8. The molecule has 0 unspecified atom stereocenters. The van der Waals surface area contributed by atoms with Crippen LogP contribution < -0.4 is 4.74 Å². The van der Waals surface area contributed by atoms with Gasteiger partial charge in [-0.3, -0.25) is 0 Å². The predicted octanol–water partition coefficient (Wildman–Crippen LogP) is 4.37. The standard InChI is InChI=1S/C14H9F3N2O/c15-14(16,17)10-4-5-11-9(7-10)8-13(19-11)20-12-3-1-2-6-18-12/h1-8,19H. The number of aromatic amines is 1. The molecule has 2 aromatic heterocycles.